The summed E-state index contributed by atoms with van der Waals surface area (Å²) in [5.41, 5.74) is 2.17. The Labute approximate surface area is 187 Å². The number of nitrogens with one attached hydrogen (secondary N) is 1. The van der Waals surface area contributed by atoms with Gasteiger partial charge in [-0.05, 0) is 49.7 Å². The number of aromatic nitrogens is 4. The minimum Gasteiger partial charge on any atom is -0.459 e. The van der Waals surface area contributed by atoms with Gasteiger partial charge in [-0.3, -0.25) is 4.79 Å². The third kappa shape index (κ3) is 6.63. The molecule has 2 aromatic carbocycles. The summed E-state index contributed by atoms with van der Waals surface area (Å²) in [6, 6.07) is 16.9. The minimum absolute atomic E-state index is 0.0311. The molecule has 168 valence electrons. The molecular weight excluding hydrogens is 408 g/mol. The number of benzene rings is 2. The van der Waals surface area contributed by atoms with E-state index >= 15 is 0 Å². The molecule has 0 fully saturated rings. The van der Waals surface area contributed by atoms with E-state index in [1.165, 1.54) is 4.80 Å². The number of carbonyl (C=O) groups excluding carboxylic acids is 2. The third-order valence-corrected chi connectivity index (χ3v) is 4.63. The highest BCUT2D eigenvalue weighted by atomic mass is 16.5. The van der Waals surface area contributed by atoms with Crippen molar-refractivity contribution in [3.05, 3.63) is 60.2 Å². The van der Waals surface area contributed by atoms with E-state index in [9.17, 15) is 9.59 Å². The van der Waals surface area contributed by atoms with Gasteiger partial charge in [0.25, 0.3) is 0 Å². The molecule has 0 atom stereocenters. The van der Waals surface area contributed by atoms with Crippen molar-refractivity contribution in [1.29, 1.82) is 0 Å². The first kappa shape index (κ1) is 22.9. The molecule has 1 heterocycles. The van der Waals surface area contributed by atoms with Gasteiger partial charge in [-0.2, -0.15) is 4.80 Å². The van der Waals surface area contributed by atoms with Crippen LogP contribution in [0.1, 0.15) is 30.6 Å². The molecule has 32 heavy (non-hydrogen) atoms. The number of carbonyl (C=O) groups is 2. The molecule has 3 aromatic rings. The van der Waals surface area contributed by atoms with Crippen LogP contribution in [0, 0.1) is 0 Å². The van der Waals surface area contributed by atoms with Crippen molar-refractivity contribution in [2.45, 2.75) is 32.9 Å². The van der Waals surface area contributed by atoms with Crippen LogP contribution < -0.4 is 10.2 Å². The van der Waals surface area contributed by atoms with Crippen LogP contribution in [0.25, 0.3) is 11.4 Å². The maximum Gasteiger partial charge on any atom is 0.338 e. The SMILES string of the molecule is CC(C)OC(=O)c1cccc(-c2nnn(CC(=O)NCCCN(C)c3ccccc3)n2)c1. The number of ether oxygens (including phenoxy) is 1. The van der Waals surface area contributed by atoms with Crippen LogP contribution in [-0.4, -0.2) is 58.3 Å². The topological polar surface area (TPSA) is 102 Å². The van der Waals surface area contributed by atoms with Crippen molar-refractivity contribution >= 4 is 17.6 Å². The summed E-state index contributed by atoms with van der Waals surface area (Å²) in [5, 5.41) is 15.1. The molecule has 0 bridgehead atoms. The lowest BCUT2D eigenvalue weighted by molar-refractivity contribution is -0.122. The Bertz CT molecular complexity index is 1030. The first-order valence-corrected chi connectivity index (χ1v) is 10.5. The number of amides is 1. The summed E-state index contributed by atoms with van der Waals surface area (Å²) < 4.78 is 5.22. The average Bonchev–Trinajstić information content (AvgIpc) is 3.25. The van der Waals surface area contributed by atoms with Crippen LogP contribution in [0.5, 0.6) is 0 Å². The molecule has 9 heteroatoms. The van der Waals surface area contributed by atoms with Gasteiger partial charge >= 0.3 is 5.97 Å². The zero-order chi connectivity index (χ0) is 22.9. The summed E-state index contributed by atoms with van der Waals surface area (Å²) in [5.74, 6) is -0.265. The second-order valence-electron chi connectivity index (χ2n) is 7.64. The zero-order valence-corrected chi connectivity index (χ0v) is 18.6. The van der Waals surface area contributed by atoms with Gasteiger partial charge in [-0.25, -0.2) is 4.79 Å². The summed E-state index contributed by atoms with van der Waals surface area (Å²) in [6.07, 6.45) is 0.606. The maximum absolute atomic E-state index is 12.2. The van der Waals surface area contributed by atoms with Crippen molar-refractivity contribution in [2.75, 3.05) is 25.0 Å². The van der Waals surface area contributed by atoms with Crippen LogP contribution in [0.4, 0.5) is 5.69 Å². The second kappa shape index (κ2) is 11.0. The van der Waals surface area contributed by atoms with E-state index in [2.05, 4.69) is 37.8 Å². The maximum atomic E-state index is 12.2. The van der Waals surface area contributed by atoms with Crippen molar-refractivity contribution in [3.8, 4) is 11.4 Å². The van der Waals surface area contributed by atoms with Gasteiger partial charge in [0, 0.05) is 31.4 Å². The van der Waals surface area contributed by atoms with Crippen molar-refractivity contribution < 1.29 is 14.3 Å². The zero-order valence-electron chi connectivity index (χ0n) is 18.6. The smallest absolute Gasteiger partial charge is 0.338 e. The quantitative estimate of drug-likeness (QED) is 0.385. The molecule has 0 saturated carbocycles. The fourth-order valence-electron chi connectivity index (χ4n) is 3.03. The lowest BCUT2D eigenvalue weighted by atomic mass is 10.1. The van der Waals surface area contributed by atoms with Gasteiger partial charge in [0.2, 0.25) is 11.7 Å². The normalized spacial score (nSPS) is 10.8. The Kier molecular flexibility index (Phi) is 7.91. The van der Waals surface area contributed by atoms with Gasteiger partial charge in [0.1, 0.15) is 6.54 Å². The number of nitrogens with zero attached hydrogens (tertiary/aromatic N) is 5. The van der Waals surface area contributed by atoms with Crippen LogP contribution in [-0.2, 0) is 16.1 Å². The number of tetrazole rings is 1. The van der Waals surface area contributed by atoms with E-state index in [1.807, 2.05) is 25.2 Å². The molecule has 0 aliphatic carbocycles. The van der Waals surface area contributed by atoms with Crippen LogP contribution in [0.3, 0.4) is 0 Å². The molecule has 0 spiro atoms. The van der Waals surface area contributed by atoms with Gasteiger partial charge in [0.15, 0.2) is 0 Å². The molecule has 9 nitrogen and oxygen atoms in total. The van der Waals surface area contributed by atoms with Gasteiger partial charge in [-0.1, -0.05) is 30.3 Å². The second-order valence-corrected chi connectivity index (χ2v) is 7.64. The Hall–Kier alpha value is -3.75. The number of esters is 1. The first-order valence-electron chi connectivity index (χ1n) is 10.5. The molecule has 1 amide bonds. The van der Waals surface area contributed by atoms with Crippen LogP contribution in [0.2, 0.25) is 0 Å². The monoisotopic (exact) mass is 436 g/mol. The largest absolute Gasteiger partial charge is 0.459 e. The molecule has 1 aromatic heterocycles. The highest BCUT2D eigenvalue weighted by Crippen LogP contribution is 2.16. The third-order valence-electron chi connectivity index (χ3n) is 4.63. The lowest BCUT2D eigenvalue weighted by Crippen LogP contribution is -2.31. The van der Waals surface area contributed by atoms with Crippen LogP contribution in [0.15, 0.2) is 54.6 Å². The summed E-state index contributed by atoms with van der Waals surface area (Å²) >= 11 is 0. The van der Waals surface area contributed by atoms with E-state index < -0.39 is 5.97 Å². The summed E-state index contributed by atoms with van der Waals surface area (Å²) in [7, 11) is 2.02. The summed E-state index contributed by atoms with van der Waals surface area (Å²) in [4.78, 5) is 27.7. The Balaban J connectivity index is 1.47. The van der Waals surface area contributed by atoms with Crippen molar-refractivity contribution in [3.63, 3.8) is 0 Å². The standard InChI is InChI=1S/C23H28N6O3/c1-17(2)32-23(31)19-10-7-9-18(15-19)22-25-27-29(26-22)16-21(30)24-13-8-14-28(3)20-11-5-4-6-12-20/h4-7,9-12,15,17H,8,13-14,16H2,1-3H3,(H,24,30). The highest BCUT2D eigenvalue weighted by molar-refractivity contribution is 5.90. The van der Waals surface area contributed by atoms with E-state index in [0.717, 1.165) is 18.7 Å². The molecule has 0 saturated heterocycles. The highest BCUT2D eigenvalue weighted by Gasteiger charge is 2.13. The number of anilines is 1. The fraction of sp³-hybridized carbons (Fsp3) is 0.348. The molecule has 1 N–H and O–H groups in total. The van der Waals surface area contributed by atoms with E-state index in [4.69, 9.17) is 4.74 Å². The fourth-order valence-corrected chi connectivity index (χ4v) is 3.03. The molecule has 0 aliphatic rings. The number of hydrogen-bond donors (Lipinski definition) is 1. The number of hydrogen-bond acceptors (Lipinski definition) is 7. The summed E-state index contributed by atoms with van der Waals surface area (Å²) in [6.45, 7) is 4.93. The minimum atomic E-state index is -0.411. The Morgan fingerprint density at radius 1 is 1.12 bits per heavy atom. The molecular formula is C23H28N6O3. The van der Waals surface area contributed by atoms with E-state index in [-0.39, 0.29) is 18.6 Å². The molecule has 0 radical (unpaired) electrons. The number of rotatable bonds is 10. The van der Waals surface area contributed by atoms with E-state index in [1.54, 1.807) is 38.1 Å². The lowest BCUT2D eigenvalue weighted by Gasteiger charge is -2.19. The first-order chi connectivity index (χ1) is 15.4. The van der Waals surface area contributed by atoms with Gasteiger partial charge in [-0.15, -0.1) is 10.2 Å². The molecule has 0 aliphatic heterocycles. The molecule has 3 rings (SSSR count). The number of para-hydroxylation sites is 1. The Morgan fingerprint density at radius 2 is 1.91 bits per heavy atom. The average molecular weight is 437 g/mol. The van der Waals surface area contributed by atoms with Crippen molar-refractivity contribution in [1.82, 2.24) is 25.5 Å². The molecule has 0 unspecified atom stereocenters. The Morgan fingerprint density at radius 3 is 2.66 bits per heavy atom. The van der Waals surface area contributed by atoms with E-state index in [0.29, 0.717) is 23.5 Å². The van der Waals surface area contributed by atoms with Gasteiger partial charge < -0.3 is 15.0 Å². The predicted octanol–water partition coefficient (Wildman–Crippen LogP) is 2.55. The van der Waals surface area contributed by atoms with Gasteiger partial charge in [0.05, 0.1) is 11.7 Å². The predicted molar refractivity (Wildman–Crippen MR) is 121 cm³/mol. The van der Waals surface area contributed by atoms with Crippen molar-refractivity contribution in [2.24, 2.45) is 0 Å². The van der Waals surface area contributed by atoms with Crippen LogP contribution >= 0.6 is 0 Å².